The molecule has 0 heterocycles. The highest BCUT2D eigenvalue weighted by molar-refractivity contribution is 7.92. The van der Waals surface area contributed by atoms with Gasteiger partial charge >= 0.3 is 6.09 Å². The molecule has 1 amide bonds. The molecule has 122 valence electrons. The number of nitrogens with one attached hydrogen (secondary N) is 2. The van der Waals surface area contributed by atoms with E-state index in [1.54, 1.807) is 45.0 Å². The Balaban J connectivity index is 2.78. The van der Waals surface area contributed by atoms with Gasteiger partial charge in [-0.05, 0) is 44.0 Å². The summed E-state index contributed by atoms with van der Waals surface area (Å²) < 4.78 is 30.1. The van der Waals surface area contributed by atoms with Gasteiger partial charge < -0.3 is 10.1 Å². The second kappa shape index (κ2) is 6.83. The molecule has 0 saturated heterocycles. The van der Waals surface area contributed by atoms with Gasteiger partial charge in [-0.25, -0.2) is 13.2 Å². The summed E-state index contributed by atoms with van der Waals surface area (Å²) in [6.45, 7) is 9.29. The van der Waals surface area contributed by atoms with Crippen LogP contribution in [0.4, 0.5) is 10.5 Å². The predicted octanol–water partition coefficient (Wildman–Crippen LogP) is 2.73. The van der Waals surface area contributed by atoms with Gasteiger partial charge in [0.1, 0.15) is 5.60 Å². The van der Waals surface area contributed by atoms with E-state index in [4.69, 9.17) is 4.74 Å². The summed E-state index contributed by atoms with van der Waals surface area (Å²) in [7, 11) is -3.36. The zero-order chi connectivity index (χ0) is 17.0. The third-order valence-corrected chi connectivity index (χ3v) is 3.06. The molecule has 2 N–H and O–H groups in total. The van der Waals surface area contributed by atoms with Crippen LogP contribution in [0.3, 0.4) is 0 Å². The first-order valence-electron chi connectivity index (χ1n) is 6.70. The fraction of sp³-hybridized carbons (Fsp3) is 0.400. The monoisotopic (exact) mass is 326 g/mol. The van der Waals surface area contributed by atoms with E-state index in [9.17, 15) is 13.2 Å². The van der Waals surface area contributed by atoms with Gasteiger partial charge in [0, 0.05) is 6.54 Å². The van der Waals surface area contributed by atoms with E-state index < -0.39 is 21.7 Å². The Morgan fingerprint density at radius 1 is 1.36 bits per heavy atom. The van der Waals surface area contributed by atoms with E-state index in [0.29, 0.717) is 11.3 Å². The van der Waals surface area contributed by atoms with E-state index in [-0.39, 0.29) is 6.54 Å². The Morgan fingerprint density at radius 2 is 2.00 bits per heavy atom. The largest absolute Gasteiger partial charge is 0.444 e. The lowest BCUT2D eigenvalue weighted by molar-refractivity contribution is 0.0523. The molecule has 0 unspecified atom stereocenters. The van der Waals surface area contributed by atoms with Crippen LogP contribution in [0, 0.1) is 0 Å². The Labute approximate surface area is 131 Å². The van der Waals surface area contributed by atoms with Crippen LogP contribution in [0.15, 0.2) is 24.8 Å². The zero-order valence-corrected chi connectivity index (χ0v) is 14.1. The first kappa shape index (κ1) is 18.0. The predicted molar refractivity (Wildman–Crippen MR) is 88.1 cm³/mol. The molecule has 0 aromatic heterocycles. The number of alkyl carbamates (subject to hydrolysis) is 1. The van der Waals surface area contributed by atoms with Crippen LogP contribution in [0.5, 0.6) is 0 Å². The van der Waals surface area contributed by atoms with Crippen LogP contribution in [-0.4, -0.2) is 26.4 Å². The molecule has 0 spiro atoms. The van der Waals surface area contributed by atoms with Crippen molar-refractivity contribution >= 4 is 27.9 Å². The minimum atomic E-state index is -3.36. The molecule has 0 aliphatic rings. The molecule has 22 heavy (non-hydrogen) atoms. The summed E-state index contributed by atoms with van der Waals surface area (Å²) in [5, 5.41) is 2.64. The molecular formula is C15H22N2O4S. The Bertz CT molecular complexity index is 661. The fourth-order valence-corrected chi connectivity index (χ4v) is 2.26. The van der Waals surface area contributed by atoms with E-state index >= 15 is 0 Å². The number of carbonyl (C=O) groups is 1. The summed E-state index contributed by atoms with van der Waals surface area (Å²) in [4.78, 5) is 11.6. The highest BCUT2D eigenvalue weighted by Crippen LogP contribution is 2.20. The van der Waals surface area contributed by atoms with Crippen molar-refractivity contribution in [2.45, 2.75) is 32.9 Å². The number of amides is 1. The van der Waals surface area contributed by atoms with Crippen LogP contribution in [0.2, 0.25) is 0 Å². The first-order chi connectivity index (χ1) is 10.00. The van der Waals surface area contributed by atoms with E-state index in [2.05, 4.69) is 16.6 Å². The van der Waals surface area contributed by atoms with Gasteiger partial charge in [-0.2, -0.15) is 0 Å². The summed E-state index contributed by atoms with van der Waals surface area (Å²) in [5.74, 6) is 0. The SMILES string of the molecule is C=Cc1cc(CNC(=O)OC(C)(C)C)ccc1NS(C)(=O)=O. The summed E-state index contributed by atoms with van der Waals surface area (Å²) in [6, 6.07) is 5.10. The van der Waals surface area contributed by atoms with Gasteiger partial charge in [0.25, 0.3) is 0 Å². The quantitative estimate of drug-likeness (QED) is 0.871. The molecule has 1 aromatic carbocycles. The van der Waals surface area contributed by atoms with Crippen molar-refractivity contribution in [1.82, 2.24) is 5.32 Å². The summed E-state index contributed by atoms with van der Waals surface area (Å²) in [5.41, 5.74) is 1.33. The minimum Gasteiger partial charge on any atom is -0.444 e. The maximum absolute atomic E-state index is 11.6. The average molecular weight is 326 g/mol. The van der Waals surface area contributed by atoms with Crippen LogP contribution in [-0.2, 0) is 21.3 Å². The van der Waals surface area contributed by atoms with Crippen molar-refractivity contribution in [1.29, 1.82) is 0 Å². The smallest absolute Gasteiger partial charge is 0.407 e. The third kappa shape index (κ3) is 6.62. The number of ether oxygens (including phenoxy) is 1. The number of carbonyl (C=O) groups excluding carboxylic acids is 1. The lowest BCUT2D eigenvalue weighted by Crippen LogP contribution is -2.32. The molecule has 1 rings (SSSR count). The Morgan fingerprint density at radius 3 is 2.50 bits per heavy atom. The lowest BCUT2D eigenvalue weighted by Gasteiger charge is -2.19. The van der Waals surface area contributed by atoms with Crippen molar-refractivity contribution in [2.75, 3.05) is 11.0 Å². The maximum atomic E-state index is 11.6. The van der Waals surface area contributed by atoms with Crippen LogP contribution in [0.1, 0.15) is 31.9 Å². The van der Waals surface area contributed by atoms with Gasteiger partial charge in [-0.3, -0.25) is 4.72 Å². The molecule has 0 aliphatic carbocycles. The molecule has 0 atom stereocenters. The van der Waals surface area contributed by atoms with Crippen LogP contribution in [0.25, 0.3) is 6.08 Å². The molecule has 1 aromatic rings. The molecule has 0 saturated carbocycles. The van der Waals surface area contributed by atoms with Gasteiger partial charge in [0.2, 0.25) is 10.0 Å². The standard InChI is InChI=1S/C15H22N2O4S/c1-6-12-9-11(7-8-13(12)17-22(5,19)20)10-16-14(18)21-15(2,3)4/h6-9,17H,1,10H2,2-5H3,(H,16,18). The number of hydrogen-bond donors (Lipinski definition) is 2. The molecule has 6 nitrogen and oxygen atoms in total. The second-order valence-electron chi connectivity index (χ2n) is 5.86. The Kier molecular flexibility index (Phi) is 5.59. The van der Waals surface area contributed by atoms with Crippen molar-refractivity contribution < 1.29 is 17.9 Å². The molecule has 0 aliphatic heterocycles. The number of benzene rings is 1. The van der Waals surface area contributed by atoms with Gasteiger partial charge in [-0.1, -0.05) is 18.7 Å². The first-order valence-corrected chi connectivity index (χ1v) is 8.59. The number of hydrogen-bond acceptors (Lipinski definition) is 4. The second-order valence-corrected chi connectivity index (χ2v) is 7.60. The lowest BCUT2D eigenvalue weighted by atomic mass is 10.1. The topological polar surface area (TPSA) is 84.5 Å². The van der Waals surface area contributed by atoms with Crippen LogP contribution < -0.4 is 10.0 Å². The number of anilines is 1. The summed E-state index contributed by atoms with van der Waals surface area (Å²) >= 11 is 0. The number of rotatable bonds is 5. The highest BCUT2D eigenvalue weighted by atomic mass is 32.2. The summed E-state index contributed by atoms with van der Waals surface area (Å²) in [6.07, 6.45) is 2.12. The van der Waals surface area contributed by atoms with Gasteiger partial charge in [0.15, 0.2) is 0 Å². The van der Waals surface area contributed by atoms with Crippen molar-refractivity contribution in [3.63, 3.8) is 0 Å². The molecule has 0 radical (unpaired) electrons. The van der Waals surface area contributed by atoms with Crippen molar-refractivity contribution in [3.8, 4) is 0 Å². The van der Waals surface area contributed by atoms with E-state index in [1.807, 2.05) is 0 Å². The minimum absolute atomic E-state index is 0.273. The third-order valence-electron chi connectivity index (χ3n) is 2.47. The van der Waals surface area contributed by atoms with Crippen LogP contribution >= 0.6 is 0 Å². The van der Waals surface area contributed by atoms with E-state index in [1.165, 1.54) is 0 Å². The van der Waals surface area contributed by atoms with Crippen molar-refractivity contribution in [2.24, 2.45) is 0 Å². The average Bonchev–Trinajstić information content (AvgIpc) is 2.33. The Hall–Kier alpha value is -2.02. The van der Waals surface area contributed by atoms with E-state index in [0.717, 1.165) is 11.8 Å². The maximum Gasteiger partial charge on any atom is 0.407 e. The molecule has 0 fully saturated rings. The normalized spacial score (nSPS) is 11.6. The van der Waals surface area contributed by atoms with Gasteiger partial charge in [0.05, 0.1) is 11.9 Å². The number of sulfonamides is 1. The fourth-order valence-electron chi connectivity index (χ4n) is 1.67. The molecule has 7 heteroatoms. The molecule has 0 bridgehead atoms. The highest BCUT2D eigenvalue weighted by Gasteiger charge is 2.15. The van der Waals surface area contributed by atoms with Gasteiger partial charge in [-0.15, -0.1) is 0 Å². The molecular weight excluding hydrogens is 304 g/mol. The van der Waals surface area contributed by atoms with Crippen molar-refractivity contribution in [3.05, 3.63) is 35.9 Å². The zero-order valence-electron chi connectivity index (χ0n) is 13.3.